The minimum absolute atomic E-state index is 0.0785. The highest BCUT2D eigenvalue weighted by Crippen LogP contribution is 2.40. The molecule has 0 spiro atoms. The van der Waals surface area contributed by atoms with Crippen molar-refractivity contribution < 1.29 is 10.2 Å². The van der Waals surface area contributed by atoms with Gasteiger partial charge in [0.25, 0.3) is 0 Å². The zero-order valence-corrected chi connectivity index (χ0v) is 10.5. The van der Waals surface area contributed by atoms with Gasteiger partial charge < -0.3 is 20.1 Å². The molecule has 0 unspecified atom stereocenters. The maximum Gasteiger partial charge on any atom is 0.167 e. The van der Waals surface area contributed by atoms with E-state index < -0.39 is 0 Å². The van der Waals surface area contributed by atoms with Crippen molar-refractivity contribution in [1.82, 2.24) is 9.55 Å². The normalized spacial score (nSPS) is 14.1. The second-order valence-corrected chi connectivity index (χ2v) is 4.77. The summed E-state index contributed by atoms with van der Waals surface area (Å²) in [5, 5.41) is 23.2. The molecule has 3 rings (SSSR count). The first kappa shape index (κ1) is 11.5. The second kappa shape index (κ2) is 4.24. The summed E-state index contributed by atoms with van der Waals surface area (Å²) in [5.74, 6) is 1.57. The number of phenols is 2. The highest BCUT2D eigenvalue weighted by Gasteiger charge is 2.22. The quantitative estimate of drug-likeness (QED) is 0.452. The van der Waals surface area contributed by atoms with Crippen LogP contribution in [-0.2, 0) is 13.0 Å². The first-order chi connectivity index (χ1) is 8.72. The van der Waals surface area contributed by atoms with Crippen LogP contribution >= 0.6 is 11.6 Å². The zero-order chi connectivity index (χ0) is 12.7. The Morgan fingerprint density at radius 3 is 3.06 bits per heavy atom. The van der Waals surface area contributed by atoms with E-state index >= 15 is 0 Å². The topological polar surface area (TPSA) is 70.3 Å². The molecule has 0 amide bonds. The SMILES string of the molecule is Oc1c(NCCCl)cc(O)c2c1nc1n2CCC1. The van der Waals surface area contributed by atoms with Gasteiger partial charge in [0.1, 0.15) is 22.6 Å². The van der Waals surface area contributed by atoms with Gasteiger partial charge in [-0.15, -0.1) is 11.6 Å². The molecule has 0 bridgehead atoms. The fourth-order valence-corrected chi connectivity index (χ4v) is 2.56. The molecule has 0 atom stereocenters. The monoisotopic (exact) mass is 267 g/mol. The van der Waals surface area contributed by atoms with Crippen LogP contribution in [-0.4, -0.2) is 32.2 Å². The highest BCUT2D eigenvalue weighted by molar-refractivity contribution is 6.18. The maximum absolute atomic E-state index is 10.2. The lowest BCUT2D eigenvalue weighted by Gasteiger charge is -2.09. The number of benzene rings is 1. The summed E-state index contributed by atoms with van der Waals surface area (Å²) >= 11 is 5.60. The number of nitrogens with zero attached hydrogens (tertiary/aromatic N) is 2. The van der Waals surface area contributed by atoms with Crippen LogP contribution in [0, 0.1) is 0 Å². The molecule has 6 heteroatoms. The first-order valence-corrected chi connectivity index (χ1v) is 6.49. The van der Waals surface area contributed by atoms with Crippen LogP contribution in [0.3, 0.4) is 0 Å². The van der Waals surface area contributed by atoms with E-state index in [4.69, 9.17) is 11.6 Å². The average molecular weight is 268 g/mol. The van der Waals surface area contributed by atoms with Gasteiger partial charge in [0.15, 0.2) is 5.75 Å². The fourth-order valence-electron chi connectivity index (χ4n) is 2.47. The zero-order valence-electron chi connectivity index (χ0n) is 9.78. The third kappa shape index (κ3) is 1.58. The van der Waals surface area contributed by atoms with Gasteiger partial charge in [-0.25, -0.2) is 4.98 Å². The molecule has 2 heterocycles. The van der Waals surface area contributed by atoms with E-state index in [-0.39, 0.29) is 11.5 Å². The van der Waals surface area contributed by atoms with Crippen LogP contribution in [0.1, 0.15) is 12.2 Å². The van der Waals surface area contributed by atoms with Crippen LogP contribution in [0.5, 0.6) is 11.5 Å². The number of hydrogen-bond acceptors (Lipinski definition) is 4. The van der Waals surface area contributed by atoms with Crippen molar-refractivity contribution in [3.63, 3.8) is 0 Å². The minimum Gasteiger partial charge on any atom is -0.506 e. The van der Waals surface area contributed by atoms with E-state index in [0.717, 1.165) is 25.2 Å². The van der Waals surface area contributed by atoms with Gasteiger partial charge in [0.05, 0.1) is 5.69 Å². The van der Waals surface area contributed by atoms with Gasteiger partial charge in [0, 0.05) is 31.5 Å². The number of rotatable bonds is 3. The van der Waals surface area contributed by atoms with E-state index in [2.05, 4.69) is 10.3 Å². The van der Waals surface area contributed by atoms with Gasteiger partial charge in [-0.1, -0.05) is 0 Å². The largest absolute Gasteiger partial charge is 0.506 e. The summed E-state index contributed by atoms with van der Waals surface area (Å²) in [6.07, 6.45) is 1.92. The molecule has 2 aromatic rings. The number of imidazole rings is 1. The smallest absolute Gasteiger partial charge is 0.167 e. The number of nitrogens with one attached hydrogen (secondary N) is 1. The molecule has 18 heavy (non-hydrogen) atoms. The summed E-state index contributed by atoms with van der Waals surface area (Å²) in [6.45, 7) is 1.36. The lowest BCUT2D eigenvalue weighted by atomic mass is 10.2. The lowest BCUT2D eigenvalue weighted by Crippen LogP contribution is -2.02. The van der Waals surface area contributed by atoms with Crippen molar-refractivity contribution in [1.29, 1.82) is 0 Å². The number of fused-ring (bicyclic) bond motifs is 3. The van der Waals surface area contributed by atoms with E-state index in [9.17, 15) is 10.2 Å². The van der Waals surface area contributed by atoms with E-state index in [1.165, 1.54) is 6.07 Å². The summed E-state index contributed by atoms with van der Waals surface area (Å²) in [4.78, 5) is 4.40. The van der Waals surface area contributed by atoms with Crippen molar-refractivity contribution in [2.24, 2.45) is 0 Å². The molecule has 5 nitrogen and oxygen atoms in total. The van der Waals surface area contributed by atoms with Gasteiger partial charge in [-0.05, 0) is 6.42 Å². The van der Waals surface area contributed by atoms with Crippen molar-refractivity contribution in [3.8, 4) is 11.5 Å². The molecular formula is C12H14ClN3O2. The average Bonchev–Trinajstić information content (AvgIpc) is 2.91. The van der Waals surface area contributed by atoms with E-state index in [1.54, 1.807) is 0 Å². The number of alkyl halides is 1. The van der Waals surface area contributed by atoms with Crippen LogP contribution in [0.4, 0.5) is 5.69 Å². The Labute approximate surface area is 109 Å². The molecule has 1 aliphatic rings. The molecule has 0 radical (unpaired) electrons. The Morgan fingerprint density at radius 2 is 2.28 bits per heavy atom. The number of hydrogen-bond donors (Lipinski definition) is 3. The van der Waals surface area contributed by atoms with Crippen molar-refractivity contribution in [3.05, 3.63) is 11.9 Å². The second-order valence-electron chi connectivity index (χ2n) is 4.39. The first-order valence-electron chi connectivity index (χ1n) is 5.96. The van der Waals surface area contributed by atoms with Crippen LogP contribution in [0.2, 0.25) is 0 Å². The molecule has 0 fully saturated rings. The Hall–Kier alpha value is -1.62. The van der Waals surface area contributed by atoms with Crippen molar-refractivity contribution in [2.75, 3.05) is 17.7 Å². The molecule has 96 valence electrons. The maximum atomic E-state index is 10.2. The van der Waals surface area contributed by atoms with Crippen LogP contribution in [0.15, 0.2) is 6.07 Å². The van der Waals surface area contributed by atoms with Gasteiger partial charge in [-0.3, -0.25) is 0 Å². The van der Waals surface area contributed by atoms with Crippen LogP contribution in [0.25, 0.3) is 11.0 Å². The Kier molecular flexibility index (Phi) is 2.70. The summed E-state index contributed by atoms with van der Waals surface area (Å²) in [7, 11) is 0. The van der Waals surface area contributed by atoms with Crippen molar-refractivity contribution >= 4 is 28.3 Å². The van der Waals surface area contributed by atoms with E-state index in [1.807, 2.05) is 4.57 Å². The molecular weight excluding hydrogens is 254 g/mol. The predicted octanol–water partition coefficient (Wildman–Crippen LogP) is 2.04. The summed E-state index contributed by atoms with van der Waals surface area (Å²) in [5.41, 5.74) is 1.55. The fraction of sp³-hybridized carbons (Fsp3) is 0.417. The Morgan fingerprint density at radius 1 is 1.44 bits per heavy atom. The number of aromatic nitrogens is 2. The predicted molar refractivity (Wildman–Crippen MR) is 70.6 cm³/mol. The third-order valence-corrected chi connectivity index (χ3v) is 3.43. The number of phenolic OH excluding ortho intramolecular Hbond substituents is 2. The molecule has 0 saturated heterocycles. The van der Waals surface area contributed by atoms with Gasteiger partial charge >= 0.3 is 0 Å². The van der Waals surface area contributed by atoms with Crippen LogP contribution < -0.4 is 5.32 Å². The standard InChI is InChI=1S/C12H14ClN3O2/c13-3-4-14-7-6-8(17)11-10(12(7)18)15-9-2-1-5-16(9)11/h6,14,17-18H,1-5H2. The molecule has 1 aromatic heterocycles. The Bertz CT molecular complexity index is 609. The number of aromatic hydroxyl groups is 2. The Balaban J connectivity index is 2.17. The molecule has 0 saturated carbocycles. The number of anilines is 1. The van der Waals surface area contributed by atoms with Gasteiger partial charge in [-0.2, -0.15) is 0 Å². The molecule has 1 aromatic carbocycles. The lowest BCUT2D eigenvalue weighted by molar-refractivity contribution is 0.468. The summed E-state index contributed by atoms with van der Waals surface area (Å²) < 4.78 is 1.97. The summed E-state index contributed by atoms with van der Waals surface area (Å²) in [6, 6.07) is 1.53. The van der Waals surface area contributed by atoms with Crippen molar-refractivity contribution in [2.45, 2.75) is 19.4 Å². The molecule has 0 aliphatic carbocycles. The molecule has 3 N–H and O–H groups in total. The number of aryl methyl sites for hydroxylation is 2. The highest BCUT2D eigenvalue weighted by atomic mass is 35.5. The van der Waals surface area contributed by atoms with E-state index in [0.29, 0.717) is 29.1 Å². The third-order valence-electron chi connectivity index (χ3n) is 3.24. The van der Waals surface area contributed by atoms with Gasteiger partial charge in [0.2, 0.25) is 0 Å². The number of halogens is 1. The minimum atomic E-state index is 0.0785. The molecule has 1 aliphatic heterocycles.